The van der Waals surface area contributed by atoms with Gasteiger partial charge in [0.2, 0.25) is 0 Å². The largest absolute Gasteiger partial charge is 0.206 e. The van der Waals surface area contributed by atoms with Gasteiger partial charge in [-0.2, -0.15) is 0 Å². The Morgan fingerprint density at radius 2 is 1.05 bits per heavy atom. The van der Waals surface area contributed by atoms with Crippen molar-refractivity contribution < 1.29 is 8.78 Å². The van der Waals surface area contributed by atoms with Crippen LogP contribution in [0.25, 0.3) is 12.2 Å². The van der Waals surface area contributed by atoms with Crippen LogP contribution in [0.1, 0.15) is 9.75 Å². The lowest BCUT2D eigenvalue weighted by Gasteiger charge is -2.12. The minimum Gasteiger partial charge on any atom is -0.206 e. The molecule has 2 aromatic heterocycles. The second-order valence-corrected chi connectivity index (χ2v) is 20.4. The van der Waals surface area contributed by atoms with E-state index in [1.54, 1.807) is 12.1 Å². The average molecular weight is 373 g/mol. The Balaban J connectivity index is 2.27. The first-order valence-corrected chi connectivity index (χ1v) is 15.9. The normalized spacial score (nSPS) is 13.3. The Labute approximate surface area is 141 Å². The topological polar surface area (TPSA) is 0 Å². The Morgan fingerprint density at radius 1 is 0.727 bits per heavy atom. The Hall–Kier alpha value is -0.566. The van der Waals surface area contributed by atoms with Gasteiger partial charge in [-0.3, -0.25) is 0 Å². The summed E-state index contributed by atoms with van der Waals surface area (Å²) in [6.45, 7) is 12.9. The number of hydrogen-bond acceptors (Lipinski definition) is 2. The van der Waals surface area contributed by atoms with Gasteiger partial charge in [0, 0.05) is 18.8 Å². The fourth-order valence-electron chi connectivity index (χ4n) is 2.12. The van der Waals surface area contributed by atoms with E-state index in [1.165, 1.54) is 22.7 Å². The standard InChI is InChI=1S/C16H22F2S2Si2/c1-21(2,3)15-13(17)9-11(19-15)7-8-12-10-14(18)16(20-12)22(4,5)6/h7-10H,1-6H3. The number of halogens is 2. The monoisotopic (exact) mass is 372 g/mol. The van der Waals surface area contributed by atoms with E-state index in [4.69, 9.17) is 0 Å². The molecular weight excluding hydrogens is 350 g/mol. The molecule has 120 valence electrons. The number of thiophene rings is 2. The van der Waals surface area contributed by atoms with E-state index in [-0.39, 0.29) is 11.6 Å². The molecule has 2 rings (SSSR count). The van der Waals surface area contributed by atoms with E-state index in [0.29, 0.717) is 0 Å². The summed E-state index contributed by atoms with van der Waals surface area (Å²) in [5.74, 6) is -0.187. The fraction of sp³-hybridized carbons (Fsp3) is 0.375. The number of hydrogen-bond donors (Lipinski definition) is 0. The van der Waals surface area contributed by atoms with Gasteiger partial charge in [-0.05, 0) is 24.3 Å². The third-order valence-corrected chi connectivity index (χ3v) is 12.5. The van der Waals surface area contributed by atoms with E-state index < -0.39 is 16.1 Å². The molecular formula is C16H22F2S2Si2. The summed E-state index contributed by atoms with van der Waals surface area (Å²) in [5.41, 5.74) is 0. The summed E-state index contributed by atoms with van der Waals surface area (Å²) < 4.78 is 29.8. The van der Waals surface area contributed by atoms with E-state index in [1.807, 2.05) is 12.2 Å². The molecule has 0 spiro atoms. The Bertz CT molecular complexity index is 641. The fourth-order valence-corrected chi connectivity index (χ4v) is 8.24. The number of rotatable bonds is 4. The first-order chi connectivity index (χ1) is 9.98. The molecule has 0 unspecified atom stereocenters. The van der Waals surface area contributed by atoms with Gasteiger partial charge in [0.15, 0.2) is 0 Å². The first kappa shape index (κ1) is 17.8. The lowest BCUT2D eigenvalue weighted by Crippen LogP contribution is -2.37. The van der Waals surface area contributed by atoms with Gasteiger partial charge in [-0.25, -0.2) is 8.78 Å². The van der Waals surface area contributed by atoms with Crippen molar-refractivity contribution in [3.05, 3.63) is 33.5 Å². The Kier molecular flexibility index (Phi) is 4.97. The summed E-state index contributed by atoms with van der Waals surface area (Å²) in [4.78, 5) is 1.80. The third-order valence-electron chi connectivity index (χ3n) is 3.19. The van der Waals surface area contributed by atoms with Crippen molar-refractivity contribution in [2.75, 3.05) is 0 Å². The molecule has 2 aromatic rings. The zero-order chi connectivity index (χ0) is 16.7. The molecule has 0 radical (unpaired) electrons. The van der Waals surface area contributed by atoms with Gasteiger partial charge in [-0.1, -0.05) is 39.3 Å². The Morgan fingerprint density at radius 3 is 1.27 bits per heavy atom. The van der Waals surface area contributed by atoms with Crippen molar-refractivity contribution in [2.45, 2.75) is 39.3 Å². The van der Waals surface area contributed by atoms with Gasteiger partial charge in [0.25, 0.3) is 0 Å². The molecule has 0 N–H and O–H groups in total. The van der Waals surface area contributed by atoms with Crippen LogP contribution in [-0.2, 0) is 0 Å². The van der Waals surface area contributed by atoms with Crippen molar-refractivity contribution in [3.63, 3.8) is 0 Å². The molecule has 0 amide bonds. The third kappa shape index (κ3) is 4.04. The molecule has 0 bridgehead atoms. The highest BCUT2D eigenvalue weighted by Gasteiger charge is 2.24. The van der Waals surface area contributed by atoms with Crippen molar-refractivity contribution in [1.29, 1.82) is 0 Å². The van der Waals surface area contributed by atoms with Crippen LogP contribution in [0.4, 0.5) is 8.78 Å². The van der Waals surface area contributed by atoms with Gasteiger partial charge >= 0.3 is 0 Å². The minimum atomic E-state index is -1.64. The quantitative estimate of drug-likeness (QED) is 0.635. The summed E-state index contributed by atoms with van der Waals surface area (Å²) in [6.07, 6.45) is 3.80. The van der Waals surface area contributed by atoms with Crippen molar-refractivity contribution in [2.24, 2.45) is 0 Å². The van der Waals surface area contributed by atoms with E-state index >= 15 is 0 Å². The molecule has 6 heteroatoms. The molecule has 0 atom stereocenters. The molecule has 0 saturated heterocycles. The van der Waals surface area contributed by atoms with Crippen LogP contribution in [-0.4, -0.2) is 16.1 Å². The lowest BCUT2D eigenvalue weighted by atomic mass is 10.3. The van der Waals surface area contributed by atoms with Gasteiger partial charge in [0.05, 0.1) is 16.1 Å². The highest BCUT2D eigenvalue weighted by molar-refractivity contribution is 7.28. The van der Waals surface area contributed by atoms with Gasteiger partial charge in [-0.15, -0.1) is 22.7 Å². The maximum Gasteiger partial charge on any atom is 0.133 e. The summed E-state index contributed by atoms with van der Waals surface area (Å²) in [7, 11) is -3.27. The maximum atomic E-state index is 14.0. The summed E-state index contributed by atoms with van der Waals surface area (Å²) >= 11 is 3.04. The smallest absolute Gasteiger partial charge is 0.133 e. The molecule has 0 fully saturated rings. The van der Waals surface area contributed by atoms with Crippen molar-refractivity contribution in [1.82, 2.24) is 0 Å². The van der Waals surface area contributed by atoms with E-state index in [0.717, 1.165) is 18.8 Å². The van der Waals surface area contributed by atoms with Crippen LogP contribution in [0, 0.1) is 11.6 Å². The van der Waals surface area contributed by atoms with Gasteiger partial charge in [0.1, 0.15) is 11.6 Å². The van der Waals surface area contributed by atoms with Crippen LogP contribution in [0.15, 0.2) is 12.1 Å². The predicted octanol–water partition coefficient (Wildman–Crippen LogP) is 5.35. The molecule has 2 heterocycles. The zero-order valence-electron chi connectivity index (χ0n) is 13.9. The molecule has 22 heavy (non-hydrogen) atoms. The summed E-state index contributed by atoms with van der Waals surface area (Å²) in [5, 5.41) is 0. The molecule has 0 aliphatic heterocycles. The van der Waals surface area contributed by atoms with Crippen molar-refractivity contribution >= 4 is 60.0 Å². The minimum absolute atomic E-state index is 0.0936. The highest BCUT2D eigenvalue weighted by atomic mass is 32.1. The average Bonchev–Trinajstić information content (AvgIpc) is 2.88. The van der Waals surface area contributed by atoms with Crippen LogP contribution < -0.4 is 9.00 Å². The summed E-state index contributed by atoms with van der Waals surface area (Å²) in [6, 6.07) is 3.19. The maximum absolute atomic E-state index is 14.0. The van der Waals surface area contributed by atoms with Gasteiger partial charge < -0.3 is 0 Å². The highest BCUT2D eigenvalue weighted by Crippen LogP contribution is 2.22. The van der Waals surface area contributed by atoms with Crippen LogP contribution >= 0.6 is 22.7 Å². The molecule has 0 saturated carbocycles. The lowest BCUT2D eigenvalue weighted by molar-refractivity contribution is 0.639. The molecule has 0 nitrogen and oxygen atoms in total. The second kappa shape index (κ2) is 6.15. The van der Waals surface area contributed by atoms with Crippen LogP contribution in [0.5, 0.6) is 0 Å². The molecule has 0 aliphatic carbocycles. The van der Waals surface area contributed by atoms with Crippen LogP contribution in [0.3, 0.4) is 0 Å². The van der Waals surface area contributed by atoms with E-state index in [9.17, 15) is 8.78 Å². The zero-order valence-corrected chi connectivity index (χ0v) is 17.5. The van der Waals surface area contributed by atoms with Crippen LogP contribution in [0.2, 0.25) is 39.3 Å². The van der Waals surface area contributed by atoms with E-state index in [2.05, 4.69) is 39.3 Å². The molecule has 0 aliphatic rings. The SMILES string of the molecule is C[Si](C)(C)c1sc(C=Cc2cc(F)c([Si](C)(C)C)s2)cc1F. The second-order valence-electron chi connectivity index (χ2n) is 7.48. The predicted molar refractivity (Wildman–Crippen MR) is 103 cm³/mol. The molecule has 0 aromatic carbocycles. The first-order valence-electron chi connectivity index (χ1n) is 7.26. The van der Waals surface area contributed by atoms with Crippen molar-refractivity contribution in [3.8, 4) is 0 Å².